The average Bonchev–Trinajstić information content (AvgIpc) is 3.22. The molecular formula is C26H31F3N2O3. The van der Waals surface area contributed by atoms with Crippen LogP contribution in [0.3, 0.4) is 0 Å². The highest BCUT2D eigenvalue weighted by Gasteiger charge is 2.24. The number of nitrogens with zero attached hydrogens (tertiary/aromatic N) is 2. The lowest BCUT2D eigenvalue weighted by Crippen LogP contribution is -2.37. The van der Waals surface area contributed by atoms with Crippen molar-refractivity contribution in [2.75, 3.05) is 33.5 Å². The predicted octanol–water partition coefficient (Wildman–Crippen LogP) is 5.62. The van der Waals surface area contributed by atoms with Gasteiger partial charge in [-0.1, -0.05) is 42.0 Å². The molecule has 0 saturated carbocycles. The first-order valence-corrected chi connectivity index (χ1v) is 11.4. The van der Waals surface area contributed by atoms with Gasteiger partial charge < -0.3 is 19.3 Å². The van der Waals surface area contributed by atoms with Gasteiger partial charge in [0.2, 0.25) is 6.86 Å². The second-order valence-corrected chi connectivity index (χ2v) is 8.49. The Balaban J connectivity index is 1.82. The van der Waals surface area contributed by atoms with Crippen molar-refractivity contribution in [1.29, 1.82) is 0 Å². The zero-order valence-corrected chi connectivity index (χ0v) is 19.6. The molecule has 0 bridgehead atoms. The summed E-state index contributed by atoms with van der Waals surface area (Å²) in [5.74, 6) is -0.835. The summed E-state index contributed by atoms with van der Waals surface area (Å²) < 4.78 is 47.4. The molecule has 0 radical (unpaired) electrons. The lowest BCUT2D eigenvalue weighted by Gasteiger charge is -2.27. The molecule has 1 unspecified atom stereocenters. The number of ether oxygens (including phenoxy) is 2. The second-order valence-electron chi connectivity index (χ2n) is 8.49. The van der Waals surface area contributed by atoms with Gasteiger partial charge in [0.1, 0.15) is 0 Å². The van der Waals surface area contributed by atoms with Crippen molar-refractivity contribution in [2.24, 2.45) is 0 Å². The van der Waals surface area contributed by atoms with Gasteiger partial charge in [0.05, 0.1) is 0 Å². The number of alkyl halides is 3. The van der Waals surface area contributed by atoms with E-state index in [9.17, 15) is 18.0 Å². The summed E-state index contributed by atoms with van der Waals surface area (Å²) in [4.78, 5) is 17.5. The van der Waals surface area contributed by atoms with Crippen molar-refractivity contribution in [1.82, 2.24) is 9.80 Å². The third-order valence-electron chi connectivity index (χ3n) is 5.96. The van der Waals surface area contributed by atoms with E-state index in [2.05, 4.69) is 16.7 Å². The number of halogens is 3. The van der Waals surface area contributed by atoms with Crippen LogP contribution in [0.1, 0.15) is 42.1 Å². The summed E-state index contributed by atoms with van der Waals surface area (Å²) in [6, 6.07) is 14.1. The van der Waals surface area contributed by atoms with Crippen LogP contribution in [0.25, 0.3) is 6.08 Å². The van der Waals surface area contributed by atoms with Crippen LogP contribution in [0, 0.1) is 0 Å². The van der Waals surface area contributed by atoms with Gasteiger partial charge in [-0.3, -0.25) is 4.79 Å². The Hall–Kier alpha value is -3.00. The molecule has 0 aliphatic carbocycles. The third kappa shape index (κ3) is 7.25. The Bertz CT molecular complexity index is 969. The number of benzene rings is 2. The predicted molar refractivity (Wildman–Crippen MR) is 126 cm³/mol. The molecule has 0 N–H and O–H groups in total. The summed E-state index contributed by atoms with van der Waals surface area (Å²) in [6.45, 7) is -0.378. The van der Waals surface area contributed by atoms with E-state index in [1.54, 1.807) is 4.90 Å². The smallest absolute Gasteiger partial charge is 0.387 e. The SMILES string of the molecule is C/C(=C\c1ccccc1)CN(CCC1CCCN1C)C(=O)c1ccc(OC(F)F)c(OCF)c1. The van der Waals surface area contributed by atoms with E-state index in [1.165, 1.54) is 18.2 Å². The molecule has 5 nitrogen and oxygen atoms in total. The maximum absolute atomic E-state index is 13.5. The Kier molecular flexibility index (Phi) is 9.39. The lowest BCUT2D eigenvalue weighted by molar-refractivity contribution is -0.0519. The summed E-state index contributed by atoms with van der Waals surface area (Å²) in [5.41, 5.74) is 2.25. The van der Waals surface area contributed by atoms with Gasteiger partial charge >= 0.3 is 6.61 Å². The monoisotopic (exact) mass is 476 g/mol. The quantitative estimate of drug-likeness (QED) is 0.422. The third-order valence-corrected chi connectivity index (χ3v) is 5.96. The average molecular weight is 477 g/mol. The lowest BCUT2D eigenvalue weighted by atomic mass is 10.1. The molecule has 34 heavy (non-hydrogen) atoms. The Labute approximate surface area is 198 Å². The molecule has 1 saturated heterocycles. The maximum atomic E-state index is 13.5. The number of carbonyl (C=O) groups is 1. The van der Waals surface area contributed by atoms with Crippen molar-refractivity contribution < 1.29 is 27.4 Å². The molecule has 1 fully saturated rings. The Morgan fingerprint density at radius 3 is 2.62 bits per heavy atom. The van der Waals surface area contributed by atoms with Gasteiger partial charge in [0.25, 0.3) is 5.91 Å². The standard InChI is InChI=1S/C26H31F3N2O3/c1-19(15-20-7-4-3-5-8-20)17-31(14-12-22-9-6-13-30(22)2)25(32)21-10-11-23(34-26(28)29)24(16-21)33-18-27/h3-5,7-8,10-11,15-16,22,26H,6,9,12-14,17-18H2,1-2H3/b19-15+. The first kappa shape index (κ1) is 25.6. The minimum absolute atomic E-state index is 0.220. The zero-order chi connectivity index (χ0) is 24.5. The van der Waals surface area contributed by atoms with Gasteiger partial charge in [-0.2, -0.15) is 8.78 Å². The van der Waals surface area contributed by atoms with Gasteiger partial charge in [0.15, 0.2) is 11.5 Å². The molecule has 3 rings (SSSR count). The minimum atomic E-state index is -3.09. The van der Waals surface area contributed by atoms with Gasteiger partial charge in [0, 0.05) is 24.7 Å². The molecule has 1 aliphatic rings. The molecule has 8 heteroatoms. The first-order valence-electron chi connectivity index (χ1n) is 11.4. The molecule has 1 heterocycles. The second kappa shape index (κ2) is 12.5. The number of rotatable bonds is 11. The van der Waals surface area contributed by atoms with E-state index in [-0.39, 0.29) is 23.0 Å². The van der Waals surface area contributed by atoms with Crippen molar-refractivity contribution in [2.45, 2.75) is 38.8 Å². The van der Waals surface area contributed by atoms with Crippen molar-refractivity contribution in [3.63, 3.8) is 0 Å². The van der Waals surface area contributed by atoms with E-state index in [0.29, 0.717) is 19.1 Å². The largest absolute Gasteiger partial charge is 0.459 e. The molecule has 1 aliphatic heterocycles. The fraction of sp³-hybridized carbons (Fsp3) is 0.423. The van der Waals surface area contributed by atoms with Crippen LogP contribution in [0.2, 0.25) is 0 Å². The fourth-order valence-electron chi connectivity index (χ4n) is 4.27. The molecule has 2 aromatic carbocycles. The van der Waals surface area contributed by atoms with E-state index >= 15 is 0 Å². The van der Waals surface area contributed by atoms with Crippen LogP contribution < -0.4 is 9.47 Å². The van der Waals surface area contributed by atoms with Crippen LogP contribution in [-0.2, 0) is 0 Å². The van der Waals surface area contributed by atoms with Crippen molar-refractivity contribution >= 4 is 12.0 Å². The van der Waals surface area contributed by atoms with E-state index in [0.717, 1.165) is 36.9 Å². The zero-order valence-electron chi connectivity index (χ0n) is 19.6. The van der Waals surface area contributed by atoms with Crippen LogP contribution in [-0.4, -0.2) is 61.9 Å². The molecular weight excluding hydrogens is 445 g/mol. The van der Waals surface area contributed by atoms with Gasteiger partial charge in [-0.05, 0) is 63.5 Å². The van der Waals surface area contributed by atoms with E-state index < -0.39 is 13.5 Å². The van der Waals surface area contributed by atoms with Gasteiger partial charge in [-0.25, -0.2) is 4.39 Å². The van der Waals surface area contributed by atoms with E-state index in [1.807, 2.05) is 43.3 Å². The molecule has 0 spiro atoms. The molecule has 184 valence electrons. The molecule has 1 amide bonds. The summed E-state index contributed by atoms with van der Waals surface area (Å²) in [7, 11) is 2.09. The fourth-order valence-corrected chi connectivity index (χ4v) is 4.27. The molecule has 2 aromatic rings. The molecule has 0 aromatic heterocycles. The maximum Gasteiger partial charge on any atom is 0.387 e. The number of likely N-dealkylation sites (tertiary alicyclic amines) is 1. The number of hydrogen-bond acceptors (Lipinski definition) is 4. The van der Waals surface area contributed by atoms with Crippen LogP contribution in [0.4, 0.5) is 13.2 Å². The van der Waals surface area contributed by atoms with Crippen LogP contribution in [0.5, 0.6) is 11.5 Å². The van der Waals surface area contributed by atoms with E-state index in [4.69, 9.17) is 4.74 Å². The topological polar surface area (TPSA) is 42.0 Å². The minimum Gasteiger partial charge on any atom is -0.459 e. The number of carbonyl (C=O) groups excluding carboxylic acids is 1. The summed E-state index contributed by atoms with van der Waals surface area (Å²) in [5, 5.41) is 0. The number of hydrogen-bond donors (Lipinski definition) is 0. The van der Waals surface area contributed by atoms with Gasteiger partial charge in [-0.15, -0.1) is 0 Å². The van der Waals surface area contributed by atoms with Crippen LogP contribution >= 0.6 is 0 Å². The number of amides is 1. The highest BCUT2D eigenvalue weighted by atomic mass is 19.3. The van der Waals surface area contributed by atoms with Crippen molar-refractivity contribution in [3.05, 3.63) is 65.2 Å². The summed E-state index contributed by atoms with van der Waals surface area (Å²) >= 11 is 0. The first-order chi connectivity index (χ1) is 16.4. The van der Waals surface area contributed by atoms with Crippen molar-refractivity contribution in [3.8, 4) is 11.5 Å². The Morgan fingerprint density at radius 2 is 1.97 bits per heavy atom. The summed E-state index contributed by atoms with van der Waals surface area (Å²) in [6.07, 6.45) is 5.07. The highest BCUT2D eigenvalue weighted by molar-refractivity contribution is 5.95. The highest BCUT2D eigenvalue weighted by Crippen LogP contribution is 2.31. The molecule has 1 atom stereocenters. The normalized spacial score (nSPS) is 16.6. The van der Waals surface area contributed by atoms with Crippen LogP contribution in [0.15, 0.2) is 54.1 Å². The Morgan fingerprint density at radius 1 is 1.21 bits per heavy atom.